The van der Waals surface area contributed by atoms with Crippen molar-refractivity contribution in [3.63, 3.8) is 0 Å². The van der Waals surface area contributed by atoms with Crippen LogP contribution in [0, 0.1) is 0 Å². The first-order valence-corrected chi connectivity index (χ1v) is 5.03. The van der Waals surface area contributed by atoms with E-state index in [2.05, 4.69) is 16.0 Å². The molecule has 1 saturated heterocycles. The Kier molecular flexibility index (Phi) is 5.06. The molecular weight excluding hydrogens is 198 g/mol. The van der Waals surface area contributed by atoms with Gasteiger partial charge in [-0.15, -0.1) is 0 Å². The SMILES string of the molecule is CNC(=O)CCNC(=O)C1COCCN1. The third kappa shape index (κ3) is 4.26. The van der Waals surface area contributed by atoms with Gasteiger partial charge in [-0.05, 0) is 0 Å². The number of amides is 2. The standard InChI is InChI=1S/C9H17N3O3/c1-10-8(13)2-3-12-9(14)7-6-15-5-4-11-7/h7,11H,2-6H2,1H3,(H,10,13)(H,12,14). The van der Waals surface area contributed by atoms with Crippen molar-refractivity contribution in [2.75, 3.05) is 33.4 Å². The minimum Gasteiger partial charge on any atom is -0.378 e. The molecule has 1 rings (SSSR count). The maximum Gasteiger partial charge on any atom is 0.239 e. The molecule has 0 aromatic rings. The highest BCUT2D eigenvalue weighted by Crippen LogP contribution is 1.92. The van der Waals surface area contributed by atoms with Gasteiger partial charge in [-0.1, -0.05) is 0 Å². The lowest BCUT2D eigenvalue weighted by Gasteiger charge is -2.22. The van der Waals surface area contributed by atoms with Gasteiger partial charge >= 0.3 is 0 Å². The molecule has 0 bridgehead atoms. The number of ether oxygens (including phenoxy) is 1. The van der Waals surface area contributed by atoms with Crippen LogP contribution in [0.25, 0.3) is 0 Å². The van der Waals surface area contributed by atoms with Gasteiger partial charge in [0.1, 0.15) is 6.04 Å². The van der Waals surface area contributed by atoms with Gasteiger partial charge in [0.25, 0.3) is 0 Å². The lowest BCUT2D eigenvalue weighted by molar-refractivity contribution is -0.126. The van der Waals surface area contributed by atoms with Crippen LogP contribution in [0.5, 0.6) is 0 Å². The summed E-state index contributed by atoms with van der Waals surface area (Å²) in [6.45, 7) is 2.08. The van der Waals surface area contributed by atoms with Crippen LogP contribution in [0.1, 0.15) is 6.42 Å². The fourth-order valence-corrected chi connectivity index (χ4v) is 1.28. The quantitative estimate of drug-likeness (QED) is 0.518. The summed E-state index contributed by atoms with van der Waals surface area (Å²) in [5, 5.41) is 8.20. The second-order valence-electron chi connectivity index (χ2n) is 3.30. The lowest BCUT2D eigenvalue weighted by Crippen LogP contribution is -2.51. The Morgan fingerprint density at radius 3 is 2.93 bits per heavy atom. The Hall–Kier alpha value is -1.14. The molecule has 1 unspecified atom stereocenters. The Labute approximate surface area is 88.7 Å². The van der Waals surface area contributed by atoms with E-state index in [0.29, 0.717) is 32.7 Å². The van der Waals surface area contributed by atoms with Gasteiger partial charge in [-0.3, -0.25) is 9.59 Å². The van der Waals surface area contributed by atoms with Gasteiger partial charge in [0, 0.05) is 26.6 Å². The summed E-state index contributed by atoms with van der Waals surface area (Å²) >= 11 is 0. The smallest absolute Gasteiger partial charge is 0.239 e. The number of rotatable bonds is 4. The highest BCUT2D eigenvalue weighted by Gasteiger charge is 2.20. The predicted octanol–water partition coefficient (Wildman–Crippen LogP) is -1.77. The van der Waals surface area contributed by atoms with Crippen molar-refractivity contribution in [1.82, 2.24) is 16.0 Å². The topological polar surface area (TPSA) is 79.5 Å². The zero-order valence-corrected chi connectivity index (χ0v) is 8.84. The van der Waals surface area contributed by atoms with Crippen LogP contribution in [-0.2, 0) is 14.3 Å². The van der Waals surface area contributed by atoms with Crippen molar-refractivity contribution in [2.45, 2.75) is 12.5 Å². The molecule has 0 radical (unpaired) electrons. The van der Waals surface area contributed by atoms with E-state index in [1.165, 1.54) is 0 Å². The monoisotopic (exact) mass is 215 g/mol. The molecule has 0 aromatic heterocycles. The Morgan fingerprint density at radius 1 is 1.53 bits per heavy atom. The highest BCUT2D eigenvalue weighted by atomic mass is 16.5. The number of carbonyl (C=O) groups excluding carboxylic acids is 2. The van der Waals surface area contributed by atoms with Crippen molar-refractivity contribution in [3.05, 3.63) is 0 Å². The molecule has 15 heavy (non-hydrogen) atoms. The van der Waals surface area contributed by atoms with E-state index in [4.69, 9.17) is 4.74 Å². The van der Waals surface area contributed by atoms with Crippen LogP contribution < -0.4 is 16.0 Å². The Balaban J connectivity index is 2.14. The van der Waals surface area contributed by atoms with E-state index in [0.717, 1.165) is 0 Å². The third-order valence-electron chi connectivity index (χ3n) is 2.17. The predicted molar refractivity (Wildman–Crippen MR) is 54.3 cm³/mol. The number of nitrogens with one attached hydrogen (secondary N) is 3. The van der Waals surface area contributed by atoms with Crippen LogP contribution >= 0.6 is 0 Å². The number of morpholine rings is 1. The van der Waals surface area contributed by atoms with E-state index in [9.17, 15) is 9.59 Å². The summed E-state index contributed by atoms with van der Waals surface area (Å²) in [5.74, 6) is -0.193. The number of hydrogen-bond acceptors (Lipinski definition) is 4. The molecule has 1 aliphatic rings. The van der Waals surface area contributed by atoms with Crippen molar-refractivity contribution < 1.29 is 14.3 Å². The zero-order chi connectivity index (χ0) is 11.1. The molecule has 1 atom stereocenters. The van der Waals surface area contributed by atoms with Gasteiger partial charge in [0.2, 0.25) is 11.8 Å². The summed E-state index contributed by atoms with van der Waals surface area (Å²) in [5.41, 5.74) is 0. The van der Waals surface area contributed by atoms with Gasteiger partial charge in [0.05, 0.1) is 13.2 Å². The first-order chi connectivity index (χ1) is 7.24. The van der Waals surface area contributed by atoms with E-state index in [1.807, 2.05) is 0 Å². The zero-order valence-electron chi connectivity index (χ0n) is 8.84. The summed E-state index contributed by atoms with van der Waals surface area (Å²) < 4.78 is 5.15. The molecule has 6 nitrogen and oxygen atoms in total. The molecule has 1 aliphatic heterocycles. The van der Waals surface area contributed by atoms with Gasteiger partial charge in [-0.2, -0.15) is 0 Å². The molecule has 0 aromatic carbocycles. The molecule has 0 saturated carbocycles. The van der Waals surface area contributed by atoms with Crippen LogP contribution in [0.2, 0.25) is 0 Å². The maximum atomic E-state index is 11.5. The second kappa shape index (κ2) is 6.36. The van der Waals surface area contributed by atoms with Crippen molar-refractivity contribution >= 4 is 11.8 Å². The first-order valence-electron chi connectivity index (χ1n) is 5.03. The summed E-state index contributed by atoms with van der Waals surface area (Å²) in [6, 6.07) is -0.288. The highest BCUT2D eigenvalue weighted by molar-refractivity contribution is 5.83. The fraction of sp³-hybridized carbons (Fsp3) is 0.778. The van der Waals surface area contributed by atoms with Crippen molar-refractivity contribution in [1.29, 1.82) is 0 Å². The molecule has 0 spiro atoms. The number of carbonyl (C=O) groups is 2. The minimum absolute atomic E-state index is 0.0804. The molecule has 86 valence electrons. The van der Waals surface area contributed by atoms with E-state index < -0.39 is 0 Å². The molecule has 0 aliphatic carbocycles. The largest absolute Gasteiger partial charge is 0.378 e. The van der Waals surface area contributed by atoms with Crippen LogP contribution in [0.15, 0.2) is 0 Å². The first kappa shape index (κ1) is 11.9. The second-order valence-corrected chi connectivity index (χ2v) is 3.30. The van der Waals surface area contributed by atoms with E-state index in [1.54, 1.807) is 7.05 Å². The molecule has 6 heteroatoms. The average molecular weight is 215 g/mol. The molecule has 1 heterocycles. The molecule has 2 amide bonds. The van der Waals surface area contributed by atoms with Gasteiger partial charge in [-0.25, -0.2) is 0 Å². The fourth-order valence-electron chi connectivity index (χ4n) is 1.28. The summed E-state index contributed by atoms with van der Waals surface area (Å²) in [6.07, 6.45) is 0.301. The van der Waals surface area contributed by atoms with Gasteiger partial charge in [0.15, 0.2) is 0 Å². The van der Waals surface area contributed by atoms with Crippen molar-refractivity contribution in [3.8, 4) is 0 Å². The Morgan fingerprint density at radius 2 is 2.33 bits per heavy atom. The number of hydrogen-bond donors (Lipinski definition) is 3. The van der Waals surface area contributed by atoms with Crippen molar-refractivity contribution in [2.24, 2.45) is 0 Å². The van der Waals surface area contributed by atoms with Crippen LogP contribution in [0.4, 0.5) is 0 Å². The lowest BCUT2D eigenvalue weighted by atomic mass is 10.2. The molecule has 3 N–H and O–H groups in total. The van der Waals surface area contributed by atoms with E-state index in [-0.39, 0.29) is 17.9 Å². The molecule has 1 fully saturated rings. The summed E-state index contributed by atoms with van der Waals surface area (Å²) in [7, 11) is 1.57. The normalized spacial score (nSPS) is 20.7. The Bertz CT molecular complexity index is 227. The van der Waals surface area contributed by atoms with E-state index >= 15 is 0 Å². The minimum atomic E-state index is -0.288. The average Bonchev–Trinajstić information content (AvgIpc) is 2.29. The molecular formula is C9H17N3O3. The third-order valence-corrected chi connectivity index (χ3v) is 2.17. The van der Waals surface area contributed by atoms with Gasteiger partial charge < -0.3 is 20.7 Å². The maximum absolute atomic E-state index is 11.5. The van der Waals surface area contributed by atoms with Crippen LogP contribution in [-0.4, -0.2) is 51.2 Å². The summed E-state index contributed by atoms with van der Waals surface area (Å²) in [4.78, 5) is 22.3. The van der Waals surface area contributed by atoms with Crippen LogP contribution in [0.3, 0.4) is 0 Å².